The molecule has 1 saturated heterocycles. The summed E-state index contributed by atoms with van der Waals surface area (Å²) in [5, 5.41) is 9.98. The number of aliphatic hydroxyl groups excluding tert-OH is 1. The van der Waals surface area contributed by atoms with Crippen LogP contribution in [0.3, 0.4) is 0 Å². The predicted octanol–water partition coefficient (Wildman–Crippen LogP) is 1.97. The summed E-state index contributed by atoms with van der Waals surface area (Å²) >= 11 is 11.8. The average molecular weight is 339 g/mol. The number of anilines is 1. The first-order chi connectivity index (χ1) is 9.23. The van der Waals surface area contributed by atoms with Crippen LogP contribution in [0.1, 0.15) is 13.3 Å². The molecular formula is C12H16Cl2N2O3S. The largest absolute Gasteiger partial charge is 0.398 e. The number of nitrogens with two attached hydrogens (primary N) is 1. The minimum absolute atomic E-state index is 0.00813. The first-order valence-corrected chi connectivity index (χ1v) is 8.36. The highest BCUT2D eigenvalue weighted by molar-refractivity contribution is 7.89. The van der Waals surface area contributed by atoms with Crippen LogP contribution in [-0.2, 0) is 10.0 Å². The molecule has 1 heterocycles. The number of piperidine rings is 1. The highest BCUT2D eigenvalue weighted by Crippen LogP contribution is 2.34. The third kappa shape index (κ3) is 2.89. The van der Waals surface area contributed by atoms with E-state index in [-0.39, 0.29) is 39.6 Å². The Morgan fingerprint density at radius 3 is 2.60 bits per heavy atom. The molecule has 112 valence electrons. The Morgan fingerprint density at radius 2 is 2.05 bits per heavy atom. The second-order valence-electron chi connectivity index (χ2n) is 5.00. The monoisotopic (exact) mass is 338 g/mol. The first-order valence-electron chi connectivity index (χ1n) is 6.16. The predicted molar refractivity (Wildman–Crippen MR) is 79.4 cm³/mol. The Balaban J connectivity index is 2.41. The van der Waals surface area contributed by atoms with E-state index in [0.717, 1.165) is 0 Å². The Kier molecular flexibility index (Phi) is 4.51. The molecule has 0 saturated carbocycles. The van der Waals surface area contributed by atoms with E-state index in [4.69, 9.17) is 28.9 Å². The summed E-state index contributed by atoms with van der Waals surface area (Å²) in [5.41, 5.74) is 5.78. The molecule has 20 heavy (non-hydrogen) atoms. The van der Waals surface area contributed by atoms with Crippen molar-refractivity contribution in [3.8, 4) is 0 Å². The topological polar surface area (TPSA) is 83.6 Å². The van der Waals surface area contributed by atoms with Crippen LogP contribution in [0, 0.1) is 5.92 Å². The fraction of sp³-hybridized carbons (Fsp3) is 0.500. The van der Waals surface area contributed by atoms with Crippen LogP contribution in [0.2, 0.25) is 10.0 Å². The molecular weight excluding hydrogens is 323 g/mol. The molecule has 0 radical (unpaired) electrons. The molecule has 3 N–H and O–H groups in total. The van der Waals surface area contributed by atoms with E-state index in [1.807, 2.05) is 0 Å². The molecule has 1 fully saturated rings. The van der Waals surface area contributed by atoms with Crippen LogP contribution in [0.4, 0.5) is 5.69 Å². The van der Waals surface area contributed by atoms with Crippen molar-refractivity contribution >= 4 is 38.9 Å². The molecule has 0 spiro atoms. The number of rotatable bonds is 2. The number of hydrogen-bond acceptors (Lipinski definition) is 4. The summed E-state index contributed by atoms with van der Waals surface area (Å²) in [4.78, 5) is -0.118. The molecule has 0 aliphatic carbocycles. The maximum Gasteiger partial charge on any atom is 0.246 e. The van der Waals surface area contributed by atoms with Gasteiger partial charge in [0.2, 0.25) is 10.0 Å². The van der Waals surface area contributed by atoms with E-state index >= 15 is 0 Å². The maximum absolute atomic E-state index is 12.6. The Hall–Kier alpha value is -0.530. The van der Waals surface area contributed by atoms with Crippen molar-refractivity contribution in [1.29, 1.82) is 0 Å². The molecule has 1 aliphatic rings. The smallest absolute Gasteiger partial charge is 0.246 e. The van der Waals surface area contributed by atoms with Gasteiger partial charge in [0.05, 0.1) is 16.8 Å². The van der Waals surface area contributed by atoms with E-state index in [1.54, 1.807) is 6.92 Å². The van der Waals surface area contributed by atoms with Crippen molar-refractivity contribution in [3.63, 3.8) is 0 Å². The maximum atomic E-state index is 12.6. The van der Waals surface area contributed by atoms with Gasteiger partial charge < -0.3 is 10.8 Å². The van der Waals surface area contributed by atoms with Crippen LogP contribution in [0.15, 0.2) is 17.0 Å². The average Bonchev–Trinajstić information content (AvgIpc) is 2.30. The van der Waals surface area contributed by atoms with Crippen molar-refractivity contribution < 1.29 is 13.5 Å². The lowest BCUT2D eigenvalue weighted by Crippen LogP contribution is -2.45. The highest BCUT2D eigenvalue weighted by atomic mass is 35.5. The van der Waals surface area contributed by atoms with Crippen LogP contribution in [0.5, 0.6) is 0 Å². The van der Waals surface area contributed by atoms with Crippen LogP contribution < -0.4 is 5.73 Å². The minimum Gasteiger partial charge on any atom is -0.398 e. The van der Waals surface area contributed by atoms with Gasteiger partial charge in [0, 0.05) is 18.1 Å². The number of aliphatic hydroxyl groups is 1. The van der Waals surface area contributed by atoms with E-state index in [0.29, 0.717) is 6.42 Å². The van der Waals surface area contributed by atoms with Crippen LogP contribution in [-0.4, -0.2) is 37.0 Å². The standard InChI is InChI=1S/C12H16Cl2N2O3S/c1-7-6-16(3-2-11(7)17)20(18,19)12-9(14)4-8(13)5-10(12)15/h4-5,7,11,17H,2-3,6,15H2,1H3. The molecule has 2 unspecified atom stereocenters. The molecule has 5 nitrogen and oxygen atoms in total. The van der Waals surface area contributed by atoms with E-state index in [9.17, 15) is 13.5 Å². The Labute approximate surface area is 128 Å². The SMILES string of the molecule is CC1CN(S(=O)(=O)c2c(N)cc(Cl)cc2Cl)CCC1O. The molecule has 0 aromatic heterocycles. The lowest BCUT2D eigenvalue weighted by molar-refractivity contribution is 0.0629. The van der Waals surface area contributed by atoms with Gasteiger partial charge in [-0.15, -0.1) is 0 Å². The van der Waals surface area contributed by atoms with Crippen molar-refractivity contribution in [2.75, 3.05) is 18.8 Å². The number of sulfonamides is 1. The zero-order valence-electron chi connectivity index (χ0n) is 10.9. The zero-order chi connectivity index (χ0) is 15.1. The van der Waals surface area contributed by atoms with Gasteiger partial charge in [0.1, 0.15) is 4.90 Å². The Morgan fingerprint density at radius 1 is 1.40 bits per heavy atom. The van der Waals surface area contributed by atoms with Crippen molar-refractivity contribution in [2.24, 2.45) is 5.92 Å². The number of hydrogen-bond donors (Lipinski definition) is 2. The molecule has 0 bridgehead atoms. The number of benzene rings is 1. The molecule has 1 aromatic carbocycles. The summed E-state index contributed by atoms with van der Waals surface area (Å²) < 4.78 is 26.6. The first kappa shape index (κ1) is 15.9. The van der Waals surface area contributed by atoms with Gasteiger partial charge in [0.25, 0.3) is 0 Å². The van der Waals surface area contributed by atoms with Gasteiger partial charge in [-0.05, 0) is 24.5 Å². The molecule has 2 rings (SSSR count). The van der Waals surface area contributed by atoms with E-state index in [1.165, 1.54) is 16.4 Å². The second kappa shape index (κ2) is 5.69. The summed E-state index contributed by atoms with van der Waals surface area (Å²) in [6.07, 6.45) is -0.0922. The van der Waals surface area contributed by atoms with Crippen molar-refractivity contribution in [1.82, 2.24) is 4.31 Å². The number of nitrogens with zero attached hydrogens (tertiary/aromatic N) is 1. The fourth-order valence-electron chi connectivity index (χ4n) is 2.29. The lowest BCUT2D eigenvalue weighted by Gasteiger charge is -2.33. The zero-order valence-corrected chi connectivity index (χ0v) is 13.2. The van der Waals surface area contributed by atoms with Crippen LogP contribution in [0.25, 0.3) is 0 Å². The van der Waals surface area contributed by atoms with Gasteiger partial charge in [-0.3, -0.25) is 0 Å². The molecule has 2 atom stereocenters. The lowest BCUT2D eigenvalue weighted by atomic mass is 9.99. The molecule has 1 aliphatic heterocycles. The summed E-state index contributed by atoms with van der Waals surface area (Å²) in [6, 6.07) is 2.72. The molecule has 1 aromatic rings. The number of halogens is 2. The van der Waals surface area contributed by atoms with Gasteiger partial charge >= 0.3 is 0 Å². The minimum atomic E-state index is -3.79. The summed E-state index contributed by atoms with van der Waals surface area (Å²) in [7, 11) is -3.79. The van der Waals surface area contributed by atoms with Gasteiger partial charge in [0.15, 0.2) is 0 Å². The highest BCUT2D eigenvalue weighted by Gasteiger charge is 2.35. The quantitative estimate of drug-likeness (QED) is 0.807. The van der Waals surface area contributed by atoms with E-state index < -0.39 is 16.1 Å². The molecule has 8 heteroatoms. The van der Waals surface area contributed by atoms with Crippen molar-refractivity contribution in [2.45, 2.75) is 24.3 Å². The molecule has 0 amide bonds. The van der Waals surface area contributed by atoms with Gasteiger partial charge in [-0.1, -0.05) is 30.1 Å². The third-order valence-corrected chi connectivity index (χ3v) is 6.07. The van der Waals surface area contributed by atoms with Crippen LogP contribution >= 0.6 is 23.2 Å². The van der Waals surface area contributed by atoms with Crippen molar-refractivity contribution in [3.05, 3.63) is 22.2 Å². The third-order valence-electron chi connectivity index (χ3n) is 3.46. The normalized spacial score (nSPS) is 24.8. The second-order valence-corrected chi connectivity index (χ2v) is 7.72. The Bertz CT molecular complexity index is 598. The number of nitrogen functional groups attached to an aromatic ring is 1. The van der Waals surface area contributed by atoms with Gasteiger partial charge in [-0.25, -0.2) is 8.42 Å². The summed E-state index contributed by atoms with van der Waals surface area (Å²) in [6.45, 7) is 2.29. The van der Waals surface area contributed by atoms with Gasteiger partial charge in [-0.2, -0.15) is 4.31 Å². The summed E-state index contributed by atoms with van der Waals surface area (Å²) in [5.74, 6) is -0.133. The van der Waals surface area contributed by atoms with E-state index in [2.05, 4.69) is 0 Å². The fourth-order valence-corrected chi connectivity index (χ4v) is 4.79.